The number of anilines is 1. The van der Waals surface area contributed by atoms with Gasteiger partial charge >= 0.3 is 0 Å². The molecule has 0 aliphatic carbocycles. The van der Waals surface area contributed by atoms with Crippen LogP contribution in [-0.4, -0.2) is 26.9 Å². The molecule has 8 heteroatoms. The van der Waals surface area contributed by atoms with Crippen LogP contribution < -0.4 is 9.62 Å². The number of nitrogens with zero attached hydrogens (tertiary/aromatic N) is 1. The quantitative estimate of drug-likeness (QED) is 0.916. The summed E-state index contributed by atoms with van der Waals surface area (Å²) < 4.78 is 53.2. The molecule has 1 atom stereocenters. The van der Waals surface area contributed by atoms with Crippen LogP contribution in [0.2, 0.25) is 0 Å². The van der Waals surface area contributed by atoms with Crippen molar-refractivity contribution in [3.05, 3.63) is 60.2 Å². The van der Waals surface area contributed by atoms with Crippen LogP contribution in [0.1, 0.15) is 6.42 Å². The van der Waals surface area contributed by atoms with Gasteiger partial charge in [-0.1, -0.05) is 18.2 Å². The number of benzene rings is 2. The Kier molecular flexibility index (Phi) is 4.33. The fourth-order valence-electron chi connectivity index (χ4n) is 2.59. The first kappa shape index (κ1) is 16.5. The molecule has 1 aliphatic rings. The lowest BCUT2D eigenvalue weighted by molar-refractivity contribution is -0.118. The first-order valence-corrected chi connectivity index (χ1v) is 8.70. The molecular formula is C16H14F2N2O3S. The molecule has 1 heterocycles. The second-order valence-electron chi connectivity index (χ2n) is 5.39. The number of sulfonamides is 1. The van der Waals surface area contributed by atoms with Gasteiger partial charge in [0.05, 0.1) is 4.90 Å². The Labute approximate surface area is 138 Å². The van der Waals surface area contributed by atoms with Crippen LogP contribution in [0.4, 0.5) is 14.5 Å². The van der Waals surface area contributed by atoms with Gasteiger partial charge in [0.15, 0.2) is 0 Å². The van der Waals surface area contributed by atoms with Gasteiger partial charge in [0.1, 0.15) is 17.7 Å². The van der Waals surface area contributed by atoms with E-state index in [1.807, 2.05) is 6.07 Å². The Morgan fingerprint density at radius 3 is 2.29 bits per heavy atom. The lowest BCUT2D eigenvalue weighted by Crippen LogP contribution is -2.41. The third-order valence-corrected chi connectivity index (χ3v) is 5.17. The monoisotopic (exact) mass is 352 g/mol. The molecule has 0 aromatic heterocycles. The van der Waals surface area contributed by atoms with E-state index in [4.69, 9.17) is 0 Å². The molecule has 0 spiro atoms. The number of hydrogen-bond acceptors (Lipinski definition) is 3. The minimum absolute atomic E-state index is 0.269. The summed E-state index contributed by atoms with van der Waals surface area (Å²) in [5.74, 6) is -2.40. The van der Waals surface area contributed by atoms with Crippen molar-refractivity contribution in [3.8, 4) is 0 Å². The largest absolute Gasteiger partial charge is 0.311 e. The maximum absolute atomic E-state index is 13.2. The molecule has 2 aromatic rings. The summed E-state index contributed by atoms with van der Waals surface area (Å²) in [6.07, 6.45) is 0.269. The van der Waals surface area contributed by atoms with Crippen molar-refractivity contribution in [1.82, 2.24) is 4.72 Å². The van der Waals surface area contributed by atoms with Gasteiger partial charge in [0, 0.05) is 18.3 Å². The van der Waals surface area contributed by atoms with Crippen LogP contribution in [0.3, 0.4) is 0 Å². The molecule has 0 saturated carbocycles. The molecule has 0 bridgehead atoms. The smallest absolute Gasteiger partial charge is 0.245 e. The van der Waals surface area contributed by atoms with Gasteiger partial charge in [-0.05, 0) is 30.7 Å². The number of carbonyl (C=O) groups excluding carboxylic acids is 1. The van der Waals surface area contributed by atoms with E-state index in [-0.39, 0.29) is 6.42 Å². The van der Waals surface area contributed by atoms with Crippen LogP contribution in [0.25, 0.3) is 0 Å². The highest BCUT2D eigenvalue weighted by Crippen LogP contribution is 2.22. The number of amides is 1. The third-order valence-electron chi connectivity index (χ3n) is 3.72. The topological polar surface area (TPSA) is 66.5 Å². The summed E-state index contributed by atoms with van der Waals surface area (Å²) in [7, 11) is -4.20. The standard InChI is InChI=1S/C16H14F2N2O3S/c17-11-8-12(18)10-14(9-11)24(22,23)19-15-6-7-20(16(15)21)13-4-2-1-3-5-13/h1-5,8-10,15,19H,6-7H2. The van der Waals surface area contributed by atoms with Gasteiger partial charge in [0.2, 0.25) is 15.9 Å². The normalized spacial score (nSPS) is 18.2. The number of rotatable bonds is 4. The summed E-state index contributed by atoms with van der Waals surface area (Å²) in [4.78, 5) is 13.3. The summed E-state index contributed by atoms with van der Waals surface area (Å²) in [5, 5.41) is 0. The minimum Gasteiger partial charge on any atom is -0.311 e. The van der Waals surface area contributed by atoms with Crippen molar-refractivity contribution >= 4 is 21.6 Å². The van der Waals surface area contributed by atoms with E-state index in [0.717, 1.165) is 0 Å². The van der Waals surface area contributed by atoms with Crippen molar-refractivity contribution in [2.24, 2.45) is 0 Å². The number of halogens is 2. The zero-order valence-electron chi connectivity index (χ0n) is 12.4. The molecule has 2 aromatic carbocycles. The molecule has 5 nitrogen and oxygen atoms in total. The molecule has 24 heavy (non-hydrogen) atoms. The van der Waals surface area contributed by atoms with E-state index in [0.29, 0.717) is 30.4 Å². The molecular weight excluding hydrogens is 338 g/mol. The average molecular weight is 352 g/mol. The van der Waals surface area contributed by atoms with Crippen LogP contribution in [0.5, 0.6) is 0 Å². The highest BCUT2D eigenvalue weighted by molar-refractivity contribution is 7.89. The summed E-state index contributed by atoms with van der Waals surface area (Å²) in [6, 6.07) is 9.87. The zero-order chi connectivity index (χ0) is 17.3. The summed E-state index contributed by atoms with van der Waals surface area (Å²) in [6.45, 7) is 0.355. The first-order chi connectivity index (χ1) is 11.4. The fraction of sp³-hybridized carbons (Fsp3) is 0.188. The minimum atomic E-state index is -4.20. The van der Waals surface area contributed by atoms with Crippen molar-refractivity contribution in [2.75, 3.05) is 11.4 Å². The summed E-state index contributed by atoms with van der Waals surface area (Å²) in [5.41, 5.74) is 0.668. The third kappa shape index (κ3) is 3.29. The van der Waals surface area contributed by atoms with Gasteiger partial charge in [-0.15, -0.1) is 0 Å². The van der Waals surface area contributed by atoms with Crippen molar-refractivity contribution in [3.63, 3.8) is 0 Å². The van der Waals surface area contributed by atoms with Crippen molar-refractivity contribution in [1.29, 1.82) is 0 Å². The molecule has 126 valence electrons. The van der Waals surface area contributed by atoms with Gasteiger partial charge < -0.3 is 4.90 Å². The average Bonchev–Trinajstić information content (AvgIpc) is 2.88. The van der Waals surface area contributed by atoms with Crippen LogP contribution in [0, 0.1) is 11.6 Å². The zero-order valence-corrected chi connectivity index (χ0v) is 13.3. The molecule has 1 unspecified atom stereocenters. The van der Waals surface area contributed by atoms with Crippen LogP contribution in [0.15, 0.2) is 53.4 Å². The number of hydrogen-bond donors (Lipinski definition) is 1. The lowest BCUT2D eigenvalue weighted by Gasteiger charge is -2.17. The van der Waals surface area contributed by atoms with E-state index >= 15 is 0 Å². The molecule has 3 rings (SSSR count). The number of para-hydroxylation sites is 1. The lowest BCUT2D eigenvalue weighted by atomic mass is 10.3. The highest BCUT2D eigenvalue weighted by atomic mass is 32.2. The first-order valence-electron chi connectivity index (χ1n) is 7.22. The SMILES string of the molecule is O=C1C(NS(=O)(=O)c2cc(F)cc(F)c2)CCN1c1ccccc1. The van der Waals surface area contributed by atoms with E-state index in [1.165, 1.54) is 4.90 Å². The fourth-order valence-corrected chi connectivity index (χ4v) is 3.86. The molecule has 1 aliphatic heterocycles. The Morgan fingerprint density at radius 1 is 1.04 bits per heavy atom. The maximum atomic E-state index is 13.2. The second-order valence-corrected chi connectivity index (χ2v) is 7.11. The Morgan fingerprint density at radius 2 is 1.67 bits per heavy atom. The summed E-state index contributed by atoms with van der Waals surface area (Å²) >= 11 is 0. The maximum Gasteiger partial charge on any atom is 0.245 e. The molecule has 1 saturated heterocycles. The predicted octanol–water partition coefficient (Wildman–Crippen LogP) is 2.05. The molecule has 1 fully saturated rings. The predicted molar refractivity (Wildman–Crippen MR) is 83.9 cm³/mol. The van der Waals surface area contributed by atoms with Crippen molar-refractivity contribution < 1.29 is 22.0 Å². The van der Waals surface area contributed by atoms with E-state index in [2.05, 4.69) is 4.72 Å². The van der Waals surface area contributed by atoms with Crippen molar-refractivity contribution in [2.45, 2.75) is 17.4 Å². The van der Waals surface area contributed by atoms with Gasteiger partial charge in [-0.3, -0.25) is 4.79 Å². The highest BCUT2D eigenvalue weighted by Gasteiger charge is 2.35. The Balaban J connectivity index is 1.80. The van der Waals surface area contributed by atoms with E-state index < -0.39 is 38.5 Å². The van der Waals surface area contributed by atoms with E-state index in [1.54, 1.807) is 24.3 Å². The number of nitrogens with one attached hydrogen (secondary N) is 1. The van der Waals surface area contributed by atoms with Gasteiger partial charge in [0.25, 0.3) is 0 Å². The van der Waals surface area contributed by atoms with E-state index in [9.17, 15) is 22.0 Å². The van der Waals surface area contributed by atoms with Crippen LogP contribution in [-0.2, 0) is 14.8 Å². The van der Waals surface area contributed by atoms with Gasteiger partial charge in [-0.25, -0.2) is 17.2 Å². The van der Waals surface area contributed by atoms with Gasteiger partial charge in [-0.2, -0.15) is 4.72 Å². The molecule has 0 radical (unpaired) electrons. The Hall–Kier alpha value is -2.32. The molecule has 1 N–H and O–H groups in total. The second kappa shape index (κ2) is 6.29. The Bertz CT molecular complexity index is 852. The molecule has 1 amide bonds. The number of carbonyl (C=O) groups is 1. The van der Waals surface area contributed by atoms with Crippen LogP contribution >= 0.6 is 0 Å².